The van der Waals surface area contributed by atoms with Crippen molar-refractivity contribution >= 4 is 37.5 Å². The lowest BCUT2D eigenvalue weighted by Gasteiger charge is -2.23. The van der Waals surface area contributed by atoms with Crippen LogP contribution < -0.4 is 10.1 Å². The summed E-state index contributed by atoms with van der Waals surface area (Å²) in [5.41, 5.74) is 2.97. The van der Waals surface area contributed by atoms with Crippen LogP contribution in [0.5, 0.6) is 5.75 Å². The molecule has 0 bridgehead atoms. The molecule has 1 atom stereocenters. The number of halogens is 3. The van der Waals surface area contributed by atoms with Crippen molar-refractivity contribution < 1.29 is 31.1 Å². The van der Waals surface area contributed by atoms with Gasteiger partial charge >= 0.3 is 6.18 Å². The van der Waals surface area contributed by atoms with Gasteiger partial charge in [-0.2, -0.15) is 17.5 Å². The fourth-order valence-electron chi connectivity index (χ4n) is 4.43. The van der Waals surface area contributed by atoms with E-state index in [1.165, 1.54) is 33.8 Å². The molecular formula is C27H24F3N3O4S2. The zero-order valence-corrected chi connectivity index (χ0v) is 22.2. The van der Waals surface area contributed by atoms with E-state index in [0.717, 1.165) is 27.9 Å². The highest BCUT2D eigenvalue weighted by Gasteiger charge is 2.39. The van der Waals surface area contributed by atoms with Gasteiger partial charge in [0, 0.05) is 13.1 Å². The van der Waals surface area contributed by atoms with Crippen LogP contribution in [-0.2, 0) is 34.1 Å². The summed E-state index contributed by atoms with van der Waals surface area (Å²) in [5.74, 6) is 0.108. The number of carbonyl (C=O) groups excluding carboxylic acids is 1. The largest absolute Gasteiger partial charge is 0.489 e. The monoisotopic (exact) mass is 575 g/mol. The number of amides is 1. The van der Waals surface area contributed by atoms with Crippen molar-refractivity contribution in [3.63, 3.8) is 0 Å². The smallest absolute Gasteiger partial charge is 0.416 e. The number of benzene rings is 3. The second kappa shape index (κ2) is 10.9. The van der Waals surface area contributed by atoms with E-state index in [2.05, 4.69) is 10.3 Å². The minimum atomic E-state index is -4.39. The minimum Gasteiger partial charge on any atom is -0.489 e. The van der Waals surface area contributed by atoms with Gasteiger partial charge in [0.05, 0.1) is 26.2 Å². The standard InChI is InChI=1S/C27H24F3N3O4S2/c28-27(29,30)20-8-6-18(7-9-20)16-37-21-4-1-3-19(13-21)15-31-26(34)24-5-2-12-33(24)39(35,36)22-10-11-23-25(14-22)38-17-32-23/h1,3-4,6-11,13-14,17,24H,2,5,12,15-16H2,(H,31,34)/t24-/m0/s1. The molecule has 0 radical (unpaired) electrons. The van der Waals surface area contributed by atoms with Gasteiger partial charge in [0.2, 0.25) is 15.9 Å². The van der Waals surface area contributed by atoms with Gasteiger partial charge in [-0.25, -0.2) is 13.4 Å². The van der Waals surface area contributed by atoms with Gasteiger partial charge in [0.25, 0.3) is 0 Å². The number of thiazole rings is 1. The third-order valence-corrected chi connectivity index (χ3v) is 9.16. The SMILES string of the molecule is O=C(NCc1cccc(OCc2ccc(C(F)(F)F)cc2)c1)[C@@H]1CCCN1S(=O)(=O)c1ccc2ncsc2c1. The first-order valence-corrected chi connectivity index (χ1v) is 14.4. The van der Waals surface area contributed by atoms with Crippen molar-refractivity contribution in [3.8, 4) is 5.75 Å². The first-order chi connectivity index (χ1) is 18.6. The van der Waals surface area contributed by atoms with Crippen LogP contribution in [0.1, 0.15) is 29.5 Å². The molecular weight excluding hydrogens is 551 g/mol. The predicted molar refractivity (Wildman–Crippen MR) is 141 cm³/mol. The van der Waals surface area contributed by atoms with Gasteiger partial charge < -0.3 is 10.1 Å². The van der Waals surface area contributed by atoms with Gasteiger partial charge in [0.1, 0.15) is 18.4 Å². The molecule has 12 heteroatoms. The molecule has 0 saturated carbocycles. The molecule has 0 unspecified atom stereocenters. The minimum absolute atomic E-state index is 0.0795. The average Bonchev–Trinajstić information content (AvgIpc) is 3.60. The summed E-state index contributed by atoms with van der Waals surface area (Å²) in [5, 5.41) is 2.83. The van der Waals surface area contributed by atoms with Crippen molar-refractivity contribution in [3.05, 3.63) is 88.9 Å². The van der Waals surface area contributed by atoms with E-state index >= 15 is 0 Å². The normalized spacial score (nSPS) is 16.4. The van der Waals surface area contributed by atoms with E-state index in [0.29, 0.717) is 24.2 Å². The van der Waals surface area contributed by atoms with Gasteiger partial charge in [-0.3, -0.25) is 4.79 Å². The molecule has 0 aliphatic carbocycles. The van der Waals surface area contributed by atoms with E-state index in [9.17, 15) is 26.4 Å². The highest BCUT2D eigenvalue weighted by molar-refractivity contribution is 7.89. The van der Waals surface area contributed by atoms with Crippen LogP contribution in [0.25, 0.3) is 10.2 Å². The Morgan fingerprint density at radius 3 is 2.64 bits per heavy atom. The molecule has 5 rings (SSSR count). The van der Waals surface area contributed by atoms with Crippen LogP contribution in [0.15, 0.2) is 77.1 Å². The fraction of sp³-hybridized carbons (Fsp3) is 0.259. The van der Waals surface area contributed by atoms with Gasteiger partial charge in [-0.1, -0.05) is 24.3 Å². The Balaban J connectivity index is 1.20. The summed E-state index contributed by atoms with van der Waals surface area (Å²) in [6.45, 7) is 0.498. The van der Waals surface area contributed by atoms with Crippen molar-refractivity contribution in [2.24, 2.45) is 0 Å². The van der Waals surface area contributed by atoms with Crippen LogP contribution in [-0.4, -0.2) is 36.2 Å². The summed E-state index contributed by atoms with van der Waals surface area (Å²) in [7, 11) is -3.87. The Bertz CT molecular complexity index is 1590. The third-order valence-electron chi connectivity index (χ3n) is 6.47. The molecule has 204 valence electrons. The number of fused-ring (bicyclic) bond motifs is 1. The molecule has 1 aliphatic heterocycles. The van der Waals surface area contributed by atoms with Gasteiger partial charge in [-0.15, -0.1) is 11.3 Å². The van der Waals surface area contributed by atoms with E-state index in [-0.39, 0.29) is 30.5 Å². The molecule has 1 aliphatic rings. The molecule has 1 saturated heterocycles. The van der Waals surface area contributed by atoms with E-state index < -0.39 is 27.8 Å². The number of ether oxygens (including phenoxy) is 1. The topological polar surface area (TPSA) is 88.6 Å². The van der Waals surface area contributed by atoms with Crippen molar-refractivity contribution in [1.82, 2.24) is 14.6 Å². The highest BCUT2D eigenvalue weighted by Crippen LogP contribution is 2.30. The molecule has 3 aromatic carbocycles. The van der Waals surface area contributed by atoms with Gasteiger partial charge in [0.15, 0.2) is 0 Å². The molecule has 1 aromatic heterocycles. The quantitative estimate of drug-likeness (QED) is 0.306. The molecule has 7 nitrogen and oxygen atoms in total. The maximum absolute atomic E-state index is 13.3. The Morgan fingerprint density at radius 2 is 1.87 bits per heavy atom. The molecule has 1 N–H and O–H groups in total. The number of hydrogen-bond donors (Lipinski definition) is 1. The number of nitrogens with zero attached hydrogens (tertiary/aromatic N) is 2. The van der Waals surface area contributed by atoms with Crippen molar-refractivity contribution in [1.29, 1.82) is 0 Å². The van der Waals surface area contributed by atoms with Crippen LogP contribution in [0.2, 0.25) is 0 Å². The molecule has 2 heterocycles. The number of rotatable bonds is 8. The summed E-state index contributed by atoms with van der Waals surface area (Å²) in [4.78, 5) is 17.4. The molecule has 0 spiro atoms. The zero-order valence-electron chi connectivity index (χ0n) is 20.5. The first-order valence-electron chi connectivity index (χ1n) is 12.1. The van der Waals surface area contributed by atoms with Crippen LogP contribution in [0.3, 0.4) is 0 Å². The second-order valence-electron chi connectivity index (χ2n) is 9.10. The van der Waals surface area contributed by atoms with E-state index in [4.69, 9.17) is 4.74 Å². The number of aromatic nitrogens is 1. The number of alkyl halides is 3. The Hall–Kier alpha value is -3.48. The van der Waals surface area contributed by atoms with Crippen molar-refractivity contribution in [2.75, 3.05) is 6.54 Å². The summed E-state index contributed by atoms with van der Waals surface area (Å²) >= 11 is 1.35. The number of hydrogen-bond acceptors (Lipinski definition) is 6. The van der Waals surface area contributed by atoms with E-state index in [1.807, 2.05) is 0 Å². The first kappa shape index (κ1) is 27.1. The lowest BCUT2D eigenvalue weighted by molar-refractivity contribution is -0.137. The number of nitrogens with one attached hydrogen (secondary N) is 1. The molecule has 4 aromatic rings. The fourth-order valence-corrected chi connectivity index (χ4v) is 6.90. The van der Waals surface area contributed by atoms with E-state index in [1.54, 1.807) is 41.9 Å². The zero-order chi connectivity index (χ0) is 27.6. The molecule has 39 heavy (non-hydrogen) atoms. The number of sulfonamides is 1. The van der Waals surface area contributed by atoms with Crippen LogP contribution in [0, 0.1) is 0 Å². The lowest BCUT2D eigenvalue weighted by atomic mass is 10.1. The van der Waals surface area contributed by atoms with Crippen LogP contribution >= 0.6 is 11.3 Å². The predicted octanol–water partition coefficient (Wildman–Crippen LogP) is 5.36. The van der Waals surface area contributed by atoms with Crippen molar-refractivity contribution in [2.45, 2.75) is 43.1 Å². The van der Waals surface area contributed by atoms with Crippen LogP contribution in [0.4, 0.5) is 13.2 Å². The summed E-state index contributed by atoms with van der Waals surface area (Å²) < 4.78 is 72.7. The third kappa shape index (κ3) is 6.07. The maximum atomic E-state index is 13.3. The summed E-state index contributed by atoms with van der Waals surface area (Å²) in [6.07, 6.45) is -3.40. The Morgan fingerprint density at radius 1 is 1.08 bits per heavy atom. The van der Waals surface area contributed by atoms with Gasteiger partial charge in [-0.05, 0) is 66.4 Å². The maximum Gasteiger partial charge on any atom is 0.416 e. The lowest BCUT2D eigenvalue weighted by Crippen LogP contribution is -2.45. The molecule has 1 amide bonds. The highest BCUT2D eigenvalue weighted by atomic mass is 32.2. The average molecular weight is 576 g/mol. The summed E-state index contributed by atoms with van der Waals surface area (Å²) in [6, 6.07) is 15.7. The Kier molecular flexibility index (Phi) is 7.61. The molecule has 1 fully saturated rings. The second-order valence-corrected chi connectivity index (χ2v) is 11.9. The Labute approximate surface area is 227 Å². The number of carbonyl (C=O) groups is 1.